The Morgan fingerprint density at radius 3 is 2.26 bits per heavy atom. The van der Waals surface area contributed by atoms with Gasteiger partial charge in [0.25, 0.3) is 0 Å². The van der Waals surface area contributed by atoms with Crippen LogP contribution in [0, 0.1) is 0 Å². The molecule has 3 heterocycles. The fraction of sp³-hybridized carbons (Fsp3) is 0.0370. The quantitative estimate of drug-likeness (QED) is 0.241. The molecular formula is C27H19N5O2. The lowest BCUT2D eigenvalue weighted by atomic mass is 9.99. The van der Waals surface area contributed by atoms with Crippen LogP contribution < -0.4 is 0 Å². The van der Waals surface area contributed by atoms with Crippen molar-refractivity contribution in [2.24, 2.45) is 5.16 Å². The smallest absolute Gasteiger partial charge is 0.232 e. The summed E-state index contributed by atoms with van der Waals surface area (Å²) in [6.07, 6.45) is 3.26. The van der Waals surface area contributed by atoms with Gasteiger partial charge < -0.3 is 9.25 Å². The van der Waals surface area contributed by atoms with Crippen LogP contribution in [0.15, 0.2) is 107 Å². The summed E-state index contributed by atoms with van der Waals surface area (Å²) in [4.78, 5) is 14.7. The molecule has 0 fully saturated rings. The molecule has 0 N–H and O–H groups in total. The molecule has 0 saturated heterocycles. The van der Waals surface area contributed by atoms with Crippen molar-refractivity contribution in [3.63, 3.8) is 0 Å². The molecule has 0 amide bonds. The van der Waals surface area contributed by atoms with E-state index in [2.05, 4.69) is 27.4 Å². The Kier molecular flexibility index (Phi) is 5.04. The van der Waals surface area contributed by atoms with Crippen LogP contribution in [0.3, 0.4) is 0 Å². The zero-order chi connectivity index (χ0) is 22.7. The van der Waals surface area contributed by atoms with Gasteiger partial charge in [0.05, 0.1) is 11.6 Å². The van der Waals surface area contributed by atoms with Gasteiger partial charge in [-0.05, 0) is 11.1 Å². The van der Waals surface area contributed by atoms with Gasteiger partial charge in [0, 0.05) is 11.1 Å². The van der Waals surface area contributed by atoms with Crippen LogP contribution in [0.5, 0.6) is 0 Å². The number of benzene rings is 3. The first-order chi connectivity index (χ1) is 16.9. The Morgan fingerprint density at radius 2 is 1.53 bits per heavy atom. The monoisotopic (exact) mass is 445 g/mol. The minimum absolute atomic E-state index is 0.135. The van der Waals surface area contributed by atoms with Crippen LogP contribution in [-0.2, 0) is 11.4 Å². The zero-order valence-corrected chi connectivity index (χ0v) is 18.1. The molecule has 7 heteroatoms. The molecule has 0 saturated carbocycles. The minimum Gasteiger partial charge on any atom is -0.437 e. The second-order valence-corrected chi connectivity index (χ2v) is 7.68. The molecule has 0 aliphatic rings. The van der Waals surface area contributed by atoms with E-state index in [4.69, 9.17) is 14.2 Å². The van der Waals surface area contributed by atoms with Crippen LogP contribution >= 0.6 is 0 Å². The molecule has 0 unspecified atom stereocenters. The molecule has 0 spiro atoms. The van der Waals surface area contributed by atoms with E-state index in [1.807, 2.05) is 78.9 Å². The molecule has 0 bridgehead atoms. The van der Waals surface area contributed by atoms with Gasteiger partial charge in [0.1, 0.15) is 12.1 Å². The maximum absolute atomic E-state index is 6.26. The largest absolute Gasteiger partial charge is 0.437 e. The summed E-state index contributed by atoms with van der Waals surface area (Å²) in [6.45, 7) is 0.135. The Labute approximate surface area is 195 Å². The van der Waals surface area contributed by atoms with Crippen LogP contribution in [0.2, 0.25) is 0 Å². The number of hydrogen-bond donors (Lipinski definition) is 0. The van der Waals surface area contributed by atoms with E-state index < -0.39 is 0 Å². The van der Waals surface area contributed by atoms with Gasteiger partial charge in [-0.3, -0.25) is 0 Å². The summed E-state index contributed by atoms with van der Waals surface area (Å²) >= 11 is 0. The van der Waals surface area contributed by atoms with E-state index in [-0.39, 0.29) is 6.61 Å². The summed E-state index contributed by atoms with van der Waals surface area (Å²) in [7, 11) is 0. The number of nitrogens with zero attached hydrogens (tertiary/aromatic N) is 5. The lowest BCUT2D eigenvalue weighted by Crippen LogP contribution is -1.92. The predicted molar refractivity (Wildman–Crippen MR) is 130 cm³/mol. The van der Waals surface area contributed by atoms with Crippen molar-refractivity contribution in [3.8, 4) is 22.5 Å². The zero-order valence-electron chi connectivity index (χ0n) is 18.1. The molecule has 0 aliphatic carbocycles. The fourth-order valence-corrected chi connectivity index (χ4v) is 3.91. The Bertz CT molecular complexity index is 1590. The maximum atomic E-state index is 6.26. The van der Waals surface area contributed by atoms with Crippen molar-refractivity contribution in [3.05, 3.63) is 109 Å². The van der Waals surface area contributed by atoms with Crippen molar-refractivity contribution in [1.29, 1.82) is 0 Å². The van der Waals surface area contributed by atoms with Gasteiger partial charge in [0.2, 0.25) is 5.71 Å². The summed E-state index contributed by atoms with van der Waals surface area (Å²) in [6, 6.07) is 29.9. The highest BCUT2D eigenvalue weighted by atomic mass is 16.6. The highest BCUT2D eigenvalue weighted by molar-refractivity contribution is 6.07. The number of aromatic nitrogens is 4. The predicted octanol–water partition coefficient (Wildman–Crippen LogP) is 5.76. The minimum atomic E-state index is 0.135. The van der Waals surface area contributed by atoms with Gasteiger partial charge in [-0.25, -0.2) is 14.5 Å². The summed E-state index contributed by atoms with van der Waals surface area (Å²) in [5.41, 5.74) is 5.03. The molecule has 34 heavy (non-hydrogen) atoms. The molecule has 7 nitrogen and oxygen atoms in total. The van der Waals surface area contributed by atoms with Gasteiger partial charge in [-0.2, -0.15) is 0 Å². The summed E-state index contributed by atoms with van der Waals surface area (Å²) in [5, 5.41) is 9.36. The first kappa shape index (κ1) is 19.9. The fourth-order valence-electron chi connectivity index (χ4n) is 3.91. The molecule has 0 atom stereocenters. The first-order valence-electron chi connectivity index (χ1n) is 10.8. The summed E-state index contributed by atoms with van der Waals surface area (Å²) in [5.74, 6) is 1.25. The van der Waals surface area contributed by atoms with Gasteiger partial charge in [0.15, 0.2) is 18.1 Å². The Morgan fingerprint density at radius 1 is 0.853 bits per heavy atom. The number of oxime groups is 1. The van der Waals surface area contributed by atoms with Crippen molar-refractivity contribution < 1.29 is 9.25 Å². The summed E-state index contributed by atoms with van der Waals surface area (Å²) < 4.78 is 7.91. The van der Waals surface area contributed by atoms with Crippen LogP contribution in [-0.4, -0.2) is 25.8 Å². The van der Waals surface area contributed by atoms with E-state index in [0.717, 1.165) is 33.4 Å². The number of rotatable bonds is 6. The van der Waals surface area contributed by atoms with Gasteiger partial charge >= 0.3 is 0 Å². The Balaban J connectivity index is 1.43. The molecule has 3 aromatic carbocycles. The van der Waals surface area contributed by atoms with E-state index in [9.17, 15) is 0 Å². The van der Waals surface area contributed by atoms with Crippen molar-refractivity contribution in [1.82, 2.24) is 19.6 Å². The van der Waals surface area contributed by atoms with Crippen molar-refractivity contribution in [2.45, 2.75) is 6.61 Å². The molecule has 6 aromatic rings. The van der Waals surface area contributed by atoms with Crippen LogP contribution in [0.4, 0.5) is 0 Å². The third-order valence-electron chi connectivity index (χ3n) is 5.44. The molecular weight excluding hydrogens is 426 g/mol. The topological polar surface area (TPSA) is 77.8 Å². The van der Waals surface area contributed by atoms with Gasteiger partial charge in [-0.1, -0.05) is 96.2 Å². The van der Waals surface area contributed by atoms with Crippen molar-refractivity contribution >= 4 is 23.0 Å². The lowest BCUT2D eigenvalue weighted by molar-refractivity contribution is 0.126. The third-order valence-corrected chi connectivity index (χ3v) is 5.44. The number of hydrogen-bond acceptors (Lipinski definition) is 6. The average molecular weight is 445 g/mol. The van der Waals surface area contributed by atoms with Crippen LogP contribution in [0.1, 0.15) is 11.4 Å². The maximum Gasteiger partial charge on any atom is 0.232 e. The molecule has 3 aromatic heterocycles. The second-order valence-electron chi connectivity index (χ2n) is 7.68. The number of fused-ring (bicyclic) bond motifs is 3. The Hall–Kier alpha value is -4.78. The van der Waals surface area contributed by atoms with E-state index in [0.29, 0.717) is 17.2 Å². The average Bonchev–Trinajstić information content (AvgIpc) is 3.49. The standard InChI is InChI=1S/C27H19N5O2/c1-4-10-19(11-5-1)16-29-33-17-22-30-26-24-23(20-12-6-2-7-13-20)25(21-14-8-3-9-15-21)34-27(24)28-18-32(26)31-22/h1-16,18H,17H2/b29-16+. The van der Waals surface area contributed by atoms with E-state index >= 15 is 0 Å². The van der Waals surface area contributed by atoms with Gasteiger partial charge in [-0.15, -0.1) is 5.10 Å². The molecule has 0 radical (unpaired) electrons. The highest BCUT2D eigenvalue weighted by Crippen LogP contribution is 2.41. The molecule has 6 rings (SSSR count). The molecule has 164 valence electrons. The SMILES string of the molecule is C(=N\OCc1nc2c3c(-c4ccccc4)c(-c4ccccc4)oc3ncn2n1)/c1ccccc1. The van der Waals surface area contributed by atoms with Crippen molar-refractivity contribution in [2.75, 3.05) is 0 Å². The normalized spacial score (nSPS) is 11.5. The third kappa shape index (κ3) is 3.69. The number of furan rings is 1. The second kappa shape index (κ2) is 8.63. The van der Waals surface area contributed by atoms with Crippen LogP contribution in [0.25, 0.3) is 39.2 Å². The van der Waals surface area contributed by atoms with E-state index in [1.54, 1.807) is 17.1 Å². The molecule has 0 aliphatic heterocycles. The highest BCUT2D eigenvalue weighted by Gasteiger charge is 2.22. The first-order valence-corrected chi connectivity index (χ1v) is 10.8. The lowest BCUT2D eigenvalue weighted by Gasteiger charge is -2.03. The van der Waals surface area contributed by atoms with E-state index in [1.165, 1.54) is 0 Å².